The highest BCUT2D eigenvalue weighted by Crippen LogP contribution is 2.39. The van der Waals surface area contributed by atoms with Crippen LogP contribution in [0.3, 0.4) is 0 Å². The van der Waals surface area contributed by atoms with Crippen molar-refractivity contribution in [3.8, 4) is 0 Å². The molecule has 1 amide bonds. The van der Waals surface area contributed by atoms with E-state index in [0.29, 0.717) is 43.0 Å². The summed E-state index contributed by atoms with van der Waals surface area (Å²) in [6, 6.07) is 20.8. The molecule has 1 aromatic heterocycles. The van der Waals surface area contributed by atoms with Crippen molar-refractivity contribution in [3.05, 3.63) is 105 Å². The van der Waals surface area contributed by atoms with Crippen molar-refractivity contribution >= 4 is 34.2 Å². The molecule has 12 nitrogen and oxygen atoms in total. The SMILES string of the molecule is COCCOCCOOC(C)=O.Cc1cc2c3c(c1)C(c1ccccc1)=NC(n1c(CO)nc4ccccc4c1=O)C(=O)N3CC2. The number of aromatic nitrogens is 2. The van der Waals surface area contributed by atoms with E-state index in [1.165, 1.54) is 11.5 Å². The van der Waals surface area contributed by atoms with Gasteiger partial charge in [-0.1, -0.05) is 54.1 Å². The van der Waals surface area contributed by atoms with Gasteiger partial charge in [-0.15, -0.1) is 0 Å². The van der Waals surface area contributed by atoms with Gasteiger partial charge in [0.1, 0.15) is 19.0 Å². The van der Waals surface area contributed by atoms with Gasteiger partial charge in [-0.05, 0) is 37.1 Å². The quantitative estimate of drug-likeness (QED) is 0.159. The summed E-state index contributed by atoms with van der Waals surface area (Å²) >= 11 is 0. The summed E-state index contributed by atoms with van der Waals surface area (Å²) in [5.41, 5.74) is 5.50. The van der Waals surface area contributed by atoms with Gasteiger partial charge in [-0.25, -0.2) is 14.8 Å². The molecule has 1 atom stereocenters. The third-order valence-corrected chi connectivity index (χ3v) is 7.43. The van der Waals surface area contributed by atoms with Crippen LogP contribution in [0.5, 0.6) is 0 Å². The number of methoxy groups -OCH3 is 1. The molecule has 6 rings (SSSR count). The normalized spacial score (nSPS) is 15.1. The van der Waals surface area contributed by atoms with Crippen LogP contribution >= 0.6 is 0 Å². The number of fused-ring (bicyclic) bond motifs is 1. The van der Waals surface area contributed by atoms with E-state index in [-0.39, 0.29) is 18.3 Å². The minimum absolute atomic E-state index is 0.111. The van der Waals surface area contributed by atoms with Crippen molar-refractivity contribution in [1.82, 2.24) is 9.55 Å². The number of nitrogens with zero attached hydrogens (tertiary/aromatic N) is 4. The van der Waals surface area contributed by atoms with Crippen molar-refractivity contribution in [2.24, 2.45) is 4.99 Å². The highest BCUT2D eigenvalue weighted by Gasteiger charge is 2.38. The molecule has 3 heterocycles. The van der Waals surface area contributed by atoms with Crippen LogP contribution in [0.2, 0.25) is 0 Å². The smallest absolute Gasteiger partial charge is 0.339 e. The summed E-state index contributed by atoms with van der Waals surface area (Å²) in [7, 11) is 1.60. The van der Waals surface area contributed by atoms with Crippen LogP contribution in [0.25, 0.3) is 10.9 Å². The van der Waals surface area contributed by atoms with Gasteiger partial charge < -0.3 is 19.5 Å². The number of aliphatic imine (C=N–C) groups is 1. The number of rotatable bonds is 10. The Bertz CT molecular complexity index is 1800. The molecular formula is C34H36N4O8. The highest BCUT2D eigenvalue weighted by molar-refractivity contribution is 6.20. The third kappa shape index (κ3) is 7.05. The number of amides is 1. The predicted octanol–water partition coefficient (Wildman–Crippen LogP) is 3.28. The molecule has 240 valence electrons. The van der Waals surface area contributed by atoms with Crippen molar-refractivity contribution in [2.75, 3.05) is 45.0 Å². The van der Waals surface area contributed by atoms with Gasteiger partial charge in [0.25, 0.3) is 11.5 Å². The Morgan fingerprint density at radius 3 is 2.48 bits per heavy atom. The first kappa shape index (κ1) is 32.6. The van der Waals surface area contributed by atoms with E-state index < -0.39 is 24.3 Å². The molecular weight excluding hydrogens is 592 g/mol. The molecule has 0 spiro atoms. The van der Waals surface area contributed by atoms with E-state index in [0.717, 1.165) is 34.4 Å². The van der Waals surface area contributed by atoms with Crippen molar-refractivity contribution in [3.63, 3.8) is 0 Å². The second-order valence-corrected chi connectivity index (χ2v) is 10.7. The monoisotopic (exact) mass is 628 g/mol. The number of benzene rings is 3. The average Bonchev–Trinajstić information content (AvgIpc) is 3.44. The summed E-state index contributed by atoms with van der Waals surface area (Å²) in [5.74, 6) is -0.657. The van der Waals surface area contributed by atoms with Gasteiger partial charge in [0, 0.05) is 31.7 Å². The van der Waals surface area contributed by atoms with E-state index in [9.17, 15) is 19.5 Å². The molecule has 46 heavy (non-hydrogen) atoms. The Kier molecular flexibility index (Phi) is 10.7. The number of aryl methyl sites for hydroxylation is 1. The van der Waals surface area contributed by atoms with Gasteiger partial charge in [0.15, 0.2) is 0 Å². The topological polar surface area (TPSA) is 142 Å². The fourth-order valence-corrected chi connectivity index (χ4v) is 5.51. The van der Waals surface area contributed by atoms with Crippen LogP contribution in [0.1, 0.15) is 41.2 Å². The first-order valence-electron chi connectivity index (χ1n) is 14.9. The molecule has 0 radical (unpaired) electrons. The first-order valence-corrected chi connectivity index (χ1v) is 14.9. The molecule has 0 saturated heterocycles. The standard InChI is InChI=1S/C27H22N4O3.C7H14O5/c1-16-13-18-11-12-30-24(18)20(14-16)23(17-7-3-2-4-8-17)29-25(27(30)34)31-22(15-32)28-21-10-6-5-9-19(21)26(31)33;1-7(8)12-11-6-5-10-4-3-9-2/h2-10,13-14,25,32H,11-12,15H2,1H3;3-6H2,1-2H3. The minimum Gasteiger partial charge on any atom is -0.388 e. The number of para-hydroxylation sites is 1. The maximum atomic E-state index is 13.9. The predicted molar refractivity (Wildman–Crippen MR) is 171 cm³/mol. The minimum atomic E-state index is -1.18. The van der Waals surface area contributed by atoms with Crippen LogP contribution in [-0.4, -0.2) is 72.3 Å². The summed E-state index contributed by atoms with van der Waals surface area (Å²) < 4.78 is 11.0. The lowest BCUT2D eigenvalue weighted by molar-refractivity contribution is -0.274. The van der Waals surface area contributed by atoms with Gasteiger partial charge in [0.2, 0.25) is 6.17 Å². The number of anilines is 1. The van der Waals surface area contributed by atoms with E-state index >= 15 is 0 Å². The molecule has 12 heteroatoms. The van der Waals surface area contributed by atoms with Gasteiger partial charge in [0.05, 0.1) is 42.1 Å². The first-order chi connectivity index (χ1) is 22.3. The third-order valence-electron chi connectivity index (χ3n) is 7.43. The Balaban J connectivity index is 0.000000298. The van der Waals surface area contributed by atoms with Crippen LogP contribution in [0.15, 0.2) is 76.5 Å². The van der Waals surface area contributed by atoms with Crippen molar-refractivity contribution < 1.29 is 33.9 Å². The van der Waals surface area contributed by atoms with Gasteiger partial charge in [-0.2, -0.15) is 4.89 Å². The number of hydrogen-bond acceptors (Lipinski definition) is 10. The summed E-state index contributed by atoms with van der Waals surface area (Å²) in [4.78, 5) is 57.5. The van der Waals surface area contributed by atoms with Crippen molar-refractivity contribution in [2.45, 2.75) is 33.0 Å². The Hall–Kier alpha value is -4.75. The molecule has 0 fully saturated rings. The van der Waals surface area contributed by atoms with E-state index in [1.807, 2.05) is 43.3 Å². The molecule has 1 unspecified atom stereocenters. The number of hydrogen-bond donors (Lipinski definition) is 1. The van der Waals surface area contributed by atoms with Gasteiger partial charge >= 0.3 is 5.97 Å². The van der Waals surface area contributed by atoms with E-state index in [4.69, 9.17) is 14.5 Å². The lowest BCUT2D eigenvalue weighted by atomic mass is 9.96. The molecule has 1 N–H and O–H groups in total. The van der Waals surface area contributed by atoms with E-state index in [1.54, 1.807) is 36.3 Å². The molecule has 4 aromatic rings. The zero-order valence-corrected chi connectivity index (χ0v) is 26.0. The van der Waals surface area contributed by atoms with Crippen LogP contribution in [0, 0.1) is 6.92 Å². The maximum Gasteiger partial charge on any atom is 0.339 e. The lowest BCUT2D eigenvalue weighted by Crippen LogP contribution is -2.40. The number of ether oxygens (including phenoxy) is 2. The second-order valence-electron chi connectivity index (χ2n) is 10.7. The number of aliphatic hydroxyl groups is 1. The largest absolute Gasteiger partial charge is 0.388 e. The molecule has 3 aromatic carbocycles. The summed E-state index contributed by atoms with van der Waals surface area (Å²) in [6.45, 7) is 5.02. The van der Waals surface area contributed by atoms with Crippen molar-refractivity contribution in [1.29, 1.82) is 0 Å². The fourth-order valence-electron chi connectivity index (χ4n) is 5.51. The summed E-state index contributed by atoms with van der Waals surface area (Å²) in [5, 5.41) is 10.5. The number of aliphatic hydroxyl groups excluding tert-OH is 1. The highest BCUT2D eigenvalue weighted by atomic mass is 17.2. The van der Waals surface area contributed by atoms with Crippen LogP contribution in [0.4, 0.5) is 5.69 Å². The number of carbonyl (C=O) groups excluding carboxylic acids is 2. The fraction of sp³-hybridized carbons (Fsp3) is 0.324. The Morgan fingerprint density at radius 2 is 1.74 bits per heavy atom. The maximum absolute atomic E-state index is 13.9. The zero-order valence-electron chi connectivity index (χ0n) is 26.0. The van der Waals surface area contributed by atoms with E-state index in [2.05, 4.69) is 20.8 Å². The second kappa shape index (κ2) is 15.0. The molecule has 0 aliphatic carbocycles. The molecule has 0 bridgehead atoms. The molecule has 0 saturated carbocycles. The Morgan fingerprint density at radius 1 is 1.00 bits per heavy atom. The lowest BCUT2D eigenvalue weighted by Gasteiger charge is -2.23. The Labute approximate surface area is 265 Å². The molecule has 2 aliphatic rings. The van der Waals surface area contributed by atoms with Gasteiger partial charge in [-0.3, -0.25) is 19.0 Å². The number of carbonyl (C=O) groups is 2. The molecule has 2 aliphatic heterocycles. The van der Waals surface area contributed by atoms with Crippen LogP contribution in [-0.2, 0) is 41.9 Å². The van der Waals surface area contributed by atoms with Crippen LogP contribution < -0.4 is 10.5 Å². The zero-order chi connectivity index (χ0) is 32.6. The summed E-state index contributed by atoms with van der Waals surface area (Å²) in [6.07, 6.45) is -0.442. The average molecular weight is 629 g/mol.